The molecule has 0 radical (unpaired) electrons. The minimum absolute atomic E-state index is 0.109. The molecule has 0 spiro atoms. The maximum atomic E-state index is 13.3. The Morgan fingerprint density at radius 1 is 1.22 bits per heavy atom. The number of hydrogen-bond acceptors (Lipinski definition) is 5. The number of rotatable bonds is 10. The summed E-state index contributed by atoms with van der Waals surface area (Å²) >= 11 is 0. The first-order chi connectivity index (χ1) is 15.7. The van der Waals surface area contributed by atoms with E-state index in [-0.39, 0.29) is 17.7 Å². The zero-order chi connectivity index (χ0) is 22.5. The molecule has 1 atom stereocenters. The van der Waals surface area contributed by atoms with Crippen LogP contribution >= 0.6 is 0 Å². The van der Waals surface area contributed by atoms with Crippen molar-refractivity contribution >= 4 is 5.91 Å². The second kappa shape index (κ2) is 9.70. The van der Waals surface area contributed by atoms with Crippen LogP contribution in [0.25, 0.3) is 11.3 Å². The number of H-pyrrole nitrogens is 1. The summed E-state index contributed by atoms with van der Waals surface area (Å²) in [6.45, 7) is 7.82. The third-order valence-electron chi connectivity index (χ3n) is 5.48. The second-order valence-electron chi connectivity index (χ2n) is 7.50. The Hall–Kier alpha value is -3.58. The molecular formula is C25H27N3O4. The van der Waals surface area contributed by atoms with E-state index >= 15 is 0 Å². The number of aromatic amines is 1. The van der Waals surface area contributed by atoms with Gasteiger partial charge in [0.05, 0.1) is 6.04 Å². The van der Waals surface area contributed by atoms with Crippen LogP contribution in [0.15, 0.2) is 61.2 Å². The van der Waals surface area contributed by atoms with Crippen molar-refractivity contribution in [2.45, 2.75) is 19.4 Å². The Labute approximate surface area is 187 Å². The van der Waals surface area contributed by atoms with Gasteiger partial charge in [0.15, 0.2) is 0 Å². The SMILES string of the molecule is C=CCOc1ccc([C@@H]2c3c(-c4ccccc4O)n[nH]c3C(=O)N2CCCOCC)cc1. The summed E-state index contributed by atoms with van der Waals surface area (Å²) in [6, 6.07) is 14.4. The molecule has 7 nitrogen and oxygen atoms in total. The van der Waals surface area contributed by atoms with Gasteiger partial charge in [-0.1, -0.05) is 36.9 Å². The van der Waals surface area contributed by atoms with Gasteiger partial charge in [0, 0.05) is 30.9 Å². The Balaban J connectivity index is 1.74. The highest BCUT2D eigenvalue weighted by molar-refractivity contribution is 6.00. The highest BCUT2D eigenvalue weighted by Crippen LogP contribution is 2.44. The van der Waals surface area contributed by atoms with Crippen molar-refractivity contribution in [2.75, 3.05) is 26.4 Å². The molecule has 3 aromatic rings. The predicted molar refractivity (Wildman–Crippen MR) is 122 cm³/mol. The fourth-order valence-electron chi connectivity index (χ4n) is 4.04. The highest BCUT2D eigenvalue weighted by atomic mass is 16.5. The zero-order valence-corrected chi connectivity index (χ0v) is 18.1. The molecule has 2 N–H and O–H groups in total. The number of carbonyl (C=O) groups excluding carboxylic acids is 1. The molecule has 0 unspecified atom stereocenters. The van der Waals surface area contributed by atoms with Crippen molar-refractivity contribution in [3.63, 3.8) is 0 Å². The summed E-state index contributed by atoms with van der Waals surface area (Å²) in [5, 5.41) is 17.7. The quantitative estimate of drug-likeness (QED) is 0.367. The molecule has 166 valence electrons. The zero-order valence-electron chi connectivity index (χ0n) is 18.1. The molecule has 0 saturated heterocycles. The average Bonchev–Trinajstić information content (AvgIpc) is 3.35. The maximum absolute atomic E-state index is 13.3. The monoisotopic (exact) mass is 433 g/mol. The molecule has 0 bridgehead atoms. The van der Waals surface area contributed by atoms with Crippen LogP contribution in [0, 0.1) is 0 Å². The number of phenols is 1. The molecule has 0 fully saturated rings. The molecular weight excluding hydrogens is 406 g/mol. The molecule has 0 saturated carbocycles. The molecule has 2 heterocycles. The number of carbonyl (C=O) groups is 1. The number of phenolic OH excluding ortho intramolecular Hbond substituents is 1. The van der Waals surface area contributed by atoms with Crippen LogP contribution in [-0.4, -0.2) is 52.5 Å². The van der Waals surface area contributed by atoms with Crippen molar-refractivity contribution in [1.29, 1.82) is 0 Å². The maximum Gasteiger partial charge on any atom is 0.273 e. The van der Waals surface area contributed by atoms with Gasteiger partial charge >= 0.3 is 0 Å². The number of para-hydroxylation sites is 1. The lowest BCUT2D eigenvalue weighted by Gasteiger charge is -2.26. The minimum Gasteiger partial charge on any atom is -0.507 e. The number of benzene rings is 2. The number of ether oxygens (including phenoxy) is 2. The van der Waals surface area contributed by atoms with E-state index in [2.05, 4.69) is 16.8 Å². The fourth-order valence-corrected chi connectivity index (χ4v) is 4.04. The molecule has 0 aliphatic carbocycles. The van der Waals surface area contributed by atoms with Crippen molar-refractivity contribution in [1.82, 2.24) is 15.1 Å². The second-order valence-corrected chi connectivity index (χ2v) is 7.50. The molecule has 1 aromatic heterocycles. The van der Waals surface area contributed by atoms with E-state index in [1.165, 1.54) is 0 Å². The van der Waals surface area contributed by atoms with Gasteiger partial charge in [-0.3, -0.25) is 9.89 Å². The van der Waals surface area contributed by atoms with Crippen molar-refractivity contribution in [3.05, 3.63) is 78.0 Å². The van der Waals surface area contributed by atoms with Crippen molar-refractivity contribution in [3.8, 4) is 22.8 Å². The third kappa shape index (κ3) is 4.11. The number of aromatic nitrogens is 2. The van der Waals surface area contributed by atoms with Crippen LogP contribution in [0.2, 0.25) is 0 Å². The lowest BCUT2D eigenvalue weighted by atomic mass is 9.95. The van der Waals surface area contributed by atoms with E-state index in [1.807, 2.05) is 42.2 Å². The summed E-state index contributed by atoms with van der Waals surface area (Å²) in [7, 11) is 0. The number of nitrogens with zero attached hydrogens (tertiary/aromatic N) is 2. The summed E-state index contributed by atoms with van der Waals surface area (Å²) in [5.74, 6) is 0.743. The summed E-state index contributed by atoms with van der Waals surface area (Å²) in [6.07, 6.45) is 2.42. The smallest absolute Gasteiger partial charge is 0.273 e. The van der Waals surface area contributed by atoms with Gasteiger partial charge in [-0.05, 0) is 43.2 Å². The largest absolute Gasteiger partial charge is 0.507 e. The van der Waals surface area contributed by atoms with Gasteiger partial charge in [0.2, 0.25) is 0 Å². The molecule has 1 aliphatic rings. The average molecular weight is 434 g/mol. The first-order valence-electron chi connectivity index (χ1n) is 10.7. The predicted octanol–water partition coefficient (Wildman–Crippen LogP) is 4.32. The van der Waals surface area contributed by atoms with Crippen LogP contribution in [0.4, 0.5) is 0 Å². The van der Waals surface area contributed by atoms with Crippen LogP contribution in [-0.2, 0) is 4.74 Å². The van der Waals surface area contributed by atoms with Gasteiger partial charge in [0.25, 0.3) is 5.91 Å². The van der Waals surface area contributed by atoms with Crippen molar-refractivity contribution in [2.24, 2.45) is 0 Å². The van der Waals surface area contributed by atoms with Gasteiger partial charge in [-0.2, -0.15) is 5.10 Å². The first kappa shape index (κ1) is 21.6. The Kier molecular flexibility index (Phi) is 6.56. The number of aromatic hydroxyl groups is 1. The van der Waals surface area contributed by atoms with E-state index in [0.717, 1.165) is 23.3 Å². The van der Waals surface area contributed by atoms with Gasteiger partial charge in [0.1, 0.15) is 29.5 Å². The van der Waals surface area contributed by atoms with Crippen LogP contribution < -0.4 is 4.74 Å². The molecule has 7 heteroatoms. The standard InChI is InChI=1S/C25H27N3O4/c1-3-15-32-18-12-10-17(11-13-18)24-21-22(19-8-5-6-9-20(19)29)26-27-23(21)25(30)28(24)14-7-16-31-4-2/h3,5-6,8-13,24,29H,1,4,7,14-16H2,2H3,(H,26,27)/t24-/m1/s1. The van der Waals surface area contributed by atoms with E-state index < -0.39 is 0 Å². The molecule has 32 heavy (non-hydrogen) atoms. The number of hydrogen-bond donors (Lipinski definition) is 2. The summed E-state index contributed by atoms with van der Waals surface area (Å²) in [4.78, 5) is 15.1. The molecule has 1 amide bonds. The van der Waals surface area contributed by atoms with Gasteiger partial charge in [-0.15, -0.1) is 0 Å². The molecule has 4 rings (SSSR count). The van der Waals surface area contributed by atoms with Gasteiger partial charge < -0.3 is 19.5 Å². The highest BCUT2D eigenvalue weighted by Gasteiger charge is 2.42. The van der Waals surface area contributed by atoms with E-state index in [9.17, 15) is 9.90 Å². The Morgan fingerprint density at radius 3 is 2.72 bits per heavy atom. The third-order valence-corrected chi connectivity index (χ3v) is 5.48. The lowest BCUT2D eigenvalue weighted by molar-refractivity contribution is 0.0710. The summed E-state index contributed by atoms with van der Waals surface area (Å²) in [5.41, 5.74) is 3.34. The Bertz CT molecular complexity index is 1090. The van der Waals surface area contributed by atoms with Crippen molar-refractivity contribution < 1.29 is 19.4 Å². The van der Waals surface area contributed by atoms with Crippen LogP contribution in [0.3, 0.4) is 0 Å². The Morgan fingerprint density at radius 2 is 2.00 bits per heavy atom. The van der Waals surface area contributed by atoms with E-state index in [4.69, 9.17) is 9.47 Å². The van der Waals surface area contributed by atoms with Crippen LogP contribution in [0.5, 0.6) is 11.5 Å². The number of amides is 1. The minimum atomic E-state index is -0.332. The lowest BCUT2D eigenvalue weighted by Crippen LogP contribution is -2.31. The van der Waals surface area contributed by atoms with Crippen LogP contribution in [0.1, 0.15) is 41.0 Å². The van der Waals surface area contributed by atoms with Gasteiger partial charge in [-0.25, -0.2) is 0 Å². The molecule has 2 aromatic carbocycles. The fraction of sp³-hybridized carbons (Fsp3) is 0.280. The van der Waals surface area contributed by atoms with E-state index in [0.29, 0.717) is 43.3 Å². The number of nitrogens with one attached hydrogen (secondary N) is 1. The summed E-state index contributed by atoms with van der Waals surface area (Å²) < 4.78 is 11.1. The normalized spacial score (nSPS) is 15.1. The topological polar surface area (TPSA) is 87.7 Å². The first-order valence-corrected chi connectivity index (χ1v) is 10.7. The number of fused-ring (bicyclic) bond motifs is 1. The van der Waals surface area contributed by atoms with E-state index in [1.54, 1.807) is 24.3 Å². The molecule has 1 aliphatic heterocycles.